The van der Waals surface area contributed by atoms with Gasteiger partial charge < -0.3 is 4.42 Å². The molecule has 0 aliphatic carbocycles. The number of oxazole rings is 1. The van der Waals surface area contributed by atoms with E-state index in [1.807, 2.05) is 60.7 Å². The van der Waals surface area contributed by atoms with Gasteiger partial charge in [0.2, 0.25) is 5.89 Å². The van der Waals surface area contributed by atoms with Gasteiger partial charge in [0.1, 0.15) is 5.52 Å². The second-order valence-corrected chi connectivity index (χ2v) is 12.2. The molecule has 0 aliphatic heterocycles. The molecule has 3 heterocycles. The van der Waals surface area contributed by atoms with Crippen molar-refractivity contribution in [3.63, 3.8) is 0 Å². The number of thiophene rings is 1. The number of hydrogen-bond donors (Lipinski definition) is 0. The Morgan fingerprint density at radius 2 is 1.11 bits per heavy atom. The highest BCUT2D eigenvalue weighted by Gasteiger charge is 2.18. The van der Waals surface area contributed by atoms with Crippen molar-refractivity contribution in [3.05, 3.63) is 146 Å². The zero-order valence-electron chi connectivity index (χ0n) is 24.5. The van der Waals surface area contributed by atoms with E-state index in [0.29, 0.717) is 23.4 Å². The summed E-state index contributed by atoms with van der Waals surface area (Å²) in [4.78, 5) is 19.9. The van der Waals surface area contributed by atoms with Crippen molar-refractivity contribution in [3.8, 4) is 56.7 Å². The van der Waals surface area contributed by atoms with Gasteiger partial charge in [0.25, 0.3) is 0 Å². The van der Waals surface area contributed by atoms with Gasteiger partial charge in [-0.25, -0.2) is 19.9 Å². The second kappa shape index (κ2) is 10.9. The Labute approximate surface area is 268 Å². The maximum absolute atomic E-state index is 6.08. The van der Waals surface area contributed by atoms with Crippen molar-refractivity contribution in [1.82, 2.24) is 19.9 Å². The number of rotatable bonds is 5. The van der Waals surface area contributed by atoms with E-state index in [1.165, 1.54) is 0 Å². The molecule has 46 heavy (non-hydrogen) atoms. The Kier molecular flexibility index (Phi) is 6.25. The fourth-order valence-electron chi connectivity index (χ4n) is 5.95. The third kappa shape index (κ3) is 4.64. The summed E-state index contributed by atoms with van der Waals surface area (Å²) in [7, 11) is 0. The molecule has 0 N–H and O–H groups in total. The van der Waals surface area contributed by atoms with Crippen LogP contribution in [-0.2, 0) is 0 Å². The summed E-state index contributed by atoms with van der Waals surface area (Å²) in [5.74, 6) is 2.53. The second-order valence-electron chi connectivity index (χ2n) is 11.1. The minimum atomic E-state index is 0.619. The number of benzene rings is 6. The average Bonchev–Trinajstić information content (AvgIpc) is 3.74. The fraction of sp³-hybridized carbons (Fsp3) is 0. The molecule has 6 aromatic carbocycles. The zero-order chi connectivity index (χ0) is 30.5. The normalized spacial score (nSPS) is 11.5. The predicted molar refractivity (Wildman–Crippen MR) is 187 cm³/mol. The monoisotopic (exact) mass is 608 g/mol. The molecule has 0 aliphatic rings. The highest BCUT2D eigenvalue weighted by Crippen LogP contribution is 2.41. The smallest absolute Gasteiger partial charge is 0.227 e. The van der Waals surface area contributed by atoms with Crippen molar-refractivity contribution in [1.29, 1.82) is 0 Å². The van der Waals surface area contributed by atoms with Crippen molar-refractivity contribution in [2.45, 2.75) is 0 Å². The van der Waals surface area contributed by atoms with Crippen molar-refractivity contribution in [2.75, 3.05) is 0 Å². The highest BCUT2D eigenvalue weighted by atomic mass is 32.1. The van der Waals surface area contributed by atoms with Crippen molar-refractivity contribution >= 4 is 42.6 Å². The molecule has 0 saturated carbocycles. The van der Waals surface area contributed by atoms with E-state index in [2.05, 4.69) is 84.9 Å². The minimum Gasteiger partial charge on any atom is -0.436 e. The number of fused-ring (bicyclic) bond motifs is 4. The van der Waals surface area contributed by atoms with Crippen LogP contribution in [0.2, 0.25) is 0 Å². The Morgan fingerprint density at radius 3 is 1.93 bits per heavy atom. The van der Waals surface area contributed by atoms with Crippen LogP contribution in [0.4, 0.5) is 0 Å². The molecule has 0 radical (unpaired) electrons. The van der Waals surface area contributed by atoms with Gasteiger partial charge in [-0.3, -0.25) is 0 Å². The van der Waals surface area contributed by atoms with Gasteiger partial charge in [-0.1, -0.05) is 109 Å². The van der Waals surface area contributed by atoms with Crippen LogP contribution >= 0.6 is 11.3 Å². The Balaban J connectivity index is 1.21. The number of nitrogens with zero attached hydrogens (tertiary/aromatic N) is 4. The van der Waals surface area contributed by atoms with Crippen LogP contribution in [0.3, 0.4) is 0 Å². The van der Waals surface area contributed by atoms with Crippen LogP contribution in [-0.4, -0.2) is 19.9 Å². The molecule has 0 unspecified atom stereocenters. The molecule has 3 aromatic heterocycles. The topological polar surface area (TPSA) is 64.7 Å². The molecule has 216 valence electrons. The van der Waals surface area contributed by atoms with E-state index >= 15 is 0 Å². The molecule has 6 heteroatoms. The van der Waals surface area contributed by atoms with Crippen LogP contribution < -0.4 is 0 Å². The predicted octanol–water partition coefficient (Wildman–Crippen LogP) is 10.7. The molecular formula is C40H24N4OS. The molecular weight excluding hydrogens is 585 g/mol. The standard InChI is InChI=1S/C40H24N4OS/c1-3-11-25(12-4-1)27-15-9-16-28(23-27)38-42-37(26-13-5-2-6-14-26)43-39(44-38)31-17-10-20-34-36(31)30-22-21-29(24-35(30)46-34)40-41-32-18-7-8-19-33(32)45-40/h1-24H. The Morgan fingerprint density at radius 1 is 0.435 bits per heavy atom. The summed E-state index contributed by atoms with van der Waals surface area (Å²) in [5.41, 5.74) is 7.69. The Bertz CT molecular complexity index is 2500. The molecule has 0 bridgehead atoms. The lowest BCUT2D eigenvalue weighted by atomic mass is 10.0. The maximum atomic E-state index is 6.08. The van der Waals surface area contributed by atoms with Gasteiger partial charge in [0, 0.05) is 42.4 Å². The summed E-state index contributed by atoms with van der Waals surface area (Å²) < 4.78 is 8.40. The molecule has 0 atom stereocenters. The Hall–Kier alpha value is -5.98. The van der Waals surface area contributed by atoms with E-state index in [4.69, 9.17) is 24.4 Å². The molecule has 0 fully saturated rings. The third-order valence-electron chi connectivity index (χ3n) is 8.17. The number of aromatic nitrogens is 4. The van der Waals surface area contributed by atoms with Gasteiger partial charge in [0.15, 0.2) is 23.1 Å². The lowest BCUT2D eigenvalue weighted by Gasteiger charge is -2.10. The third-order valence-corrected chi connectivity index (χ3v) is 9.29. The van der Waals surface area contributed by atoms with E-state index < -0.39 is 0 Å². The van der Waals surface area contributed by atoms with E-state index in [9.17, 15) is 0 Å². The summed E-state index contributed by atoms with van der Waals surface area (Å²) >= 11 is 1.75. The first kappa shape index (κ1) is 26.4. The van der Waals surface area contributed by atoms with E-state index in [1.54, 1.807) is 11.3 Å². The lowest BCUT2D eigenvalue weighted by molar-refractivity contribution is 0.620. The van der Waals surface area contributed by atoms with Crippen molar-refractivity contribution < 1.29 is 4.42 Å². The van der Waals surface area contributed by atoms with E-state index in [0.717, 1.165) is 64.7 Å². The highest BCUT2D eigenvalue weighted by molar-refractivity contribution is 7.26. The first-order valence-electron chi connectivity index (χ1n) is 15.1. The van der Waals surface area contributed by atoms with E-state index in [-0.39, 0.29) is 0 Å². The fourth-order valence-corrected chi connectivity index (χ4v) is 7.12. The maximum Gasteiger partial charge on any atom is 0.227 e. The molecule has 9 rings (SSSR count). The summed E-state index contributed by atoms with van der Waals surface area (Å²) in [6.07, 6.45) is 0. The van der Waals surface area contributed by atoms with Crippen LogP contribution in [0.1, 0.15) is 0 Å². The van der Waals surface area contributed by atoms with Crippen LogP contribution in [0.25, 0.3) is 88.0 Å². The molecule has 0 spiro atoms. The zero-order valence-corrected chi connectivity index (χ0v) is 25.3. The van der Waals surface area contributed by atoms with Gasteiger partial charge in [-0.15, -0.1) is 11.3 Å². The van der Waals surface area contributed by atoms with Crippen LogP contribution in [0, 0.1) is 0 Å². The minimum absolute atomic E-state index is 0.619. The van der Waals surface area contributed by atoms with Gasteiger partial charge in [-0.2, -0.15) is 0 Å². The summed E-state index contributed by atoms with van der Waals surface area (Å²) in [6.45, 7) is 0. The summed E-state index contributed by atoms with van der Waals surface area (Å²) in [5, 5.41) is 2.27. The first-order valence-corrected chi connectivity index (χ1v) is 15.9. The molecule has 0 saturated heterocycles. The summed E-state index contributed by atoms with van der Waals surface area (Å²) in [6, 6.07) is 49.5. The van der Waals surface area contributed by atoms with Crippen LogP contribution in [0.15, 0.2) is 150 Å². The lowest BCUT2D eigenvalue weighted by Crippen LogP contribution is -2.00. The van der Waals surface area contributed by atoms with Gasteiger partial charge >= 0.3 is 0 Å². The van der Waals surface area contributed by atoms with Gasteiger partial charge in [-0.05, 0) is 47.5 Å². The SMILES string of the molecule is c1ccc(-c2cccc(-c3nc(-c4ccccc4)nc(-c4cccc5sc6cc(-c7nc8ccccc8o7)ccc6c45)n3)c2)cc1. The van der Waals surface area contributed by atoms with Crippen molar-refractivity contribution in [2.24, 2.45) is 0 Å². The number of hydrogen-bond acceptors (Lipinski definition) is 6. The first-order chi connectivity index (χ1) is 22.8. The quantitative estimate of drug-likeness (QED) is 0.194. The molecule has 0 amide bonds. The average molecular weight is 609 g/mol. The number of para-hydroxylation sites is 2. The van der Waals surface area contributed by atoms with Gasteiger partial charge in [0.05, 0.1) is 0 Å². The molecule has 5 nitrogen and oxygen atoms in total. The van der Waals surface area contributed by atoms with Crippen LogP contribution in [0.5, 0.6) is 0 Å². The largest absolute Gasteiger partial charge is 0.436 e. The molecule has 9 aromatic rings.